The van der Waals surface area contributed by atoms with Crippen molar-refractivity contribution in [2.24, 2.45) is 0 Å². The number of aliphatic hydroxyl groups is 1. The second kappa shape index (κ2) is 7.21. The Hall–Kier alpha value is -2.75. The molecular weight excluding hydrogens is 304 g/mol. The lowest BCUT2D eigenvalue weighted by molar-refractivity contribution is -0.114. The third-order valence-corrected chi connectivity index (χ3v) is 4.04. The summed E-state index contributed by atoms with van der Waals surface area (Å²) in [6.07, 6.45) is 3.40. The number of aryl methyl sites for hydroxylation is 2. The first-order chi connectivity index (χ1) is 11.6. The number of methoxy groups -OCH3 is 1. The normalized spacial score (nSPS) is 15.0. The van der Waals surface area contributed by atoms with Gasteiger partial charge in [-0.15, -0.1) is 0 Å². The van der Waals surface area contributed by atoms with Crippen molar-refractivity contribution in [3.8, 4) is 17.2 Å². The fourth-order valence-electron chi connectivity index (χ4n) is 2.68. The minimum atomic E-state index is -0.0573. The highest BCUT2D eigenvalue weighted by atomic mass is 16.5. The molecule has 4 rings (SSSR count). The van der Waals surface area contributed by atoms with Crippen LogP contribution in [0.25, 0.3) is 0 Å². The van der Waals surface area contributed by atoms with Gasteiger partial charge in [-0.3, -0.25) is 4.79 Å². The van der Waals surface area contributed by atoms with E-state index in [2.05, 4.69) is 0 Å². The minimum Gasteiger partial charge on any atom is -0.512 e. The van der Waals surface area contributed by atoms with Crippen molar-refractivity contribution in [1.29, 1.82) is 0 Å². The molecular formula is C20H20O4. The van der Waals surface area contributed by atoms with Gasteiger partial charge in [-0.25, -0.2) is 0 Å². The molecule has 0 aromatic heterocycles. The van der Waals surface area contributed by atoms with E-state index in [0.29, 0.717) is 37.2 Å². The summed E-state index contributed by atoms with van der Waals surface area (Å²) in [6, 6.07) is 13.4. The molecule has 0 spiro atoms. The number of hydrogen-bond acceptors (Lipinski definition) is 4. The number of carbonyl (C=O) groups excluding carboxylic acids is 1. The summed E-state index contributed by atoms with van der Waals surface area (Å²) >= 11 is 0. The molecule has 1 N–H and O–H groups in total. The van der Waals surface area contributed by atoms with Crippen LogP contribution in [0.3, 0.4) is 0 Å². The van der Waals surface area contributed by atoms with Gasteiger partial charge in [0.05, 0.1) is 12.9 Å². The Morgan fingerprint density at radius 1 is 0.958 bits per heavy atom. The Kier molecular flexibility index (Phi) is 4.85. The maximum Gasteiger partial charge on any atom is 0.169 e. The molecule has 4 heteroatoms. The lowest BCUT2D eigenvalue weighted by atomic mass is 10.1. The number of hydrogen-bond donors (Lipinski definition) is 1. The highest BCUT2D eigenvalue weighted by Crippen LogP contribution is 2.33. The number of aliphatic hydroxyl groups excluding tert-OH is 1. The summed E-state index contributed by atoms with van der Waals surface area (Å²) in [5.41, 5.74) is 2.06. The van der Waals surface area contributed by atoms with E-state index in [-0.39, 0.29) is 11.5 Å². The molecule has 4 bridgehead atoms. The summed E-state index contributed by atoms with van der Waals surface area (Å²) in [6.45, 7) is 0. The summed E-state index contributed by atoms with van der Waals surface area (Å²) in [4.78, 5) is 11.9. The van der Waals surface area contributed by atoms with Gasteiger partial charge in [-0.1, -0.05) is 18.2 Å². The molecule has 0 atom stereocenters. The van der Waals surface area contributed by atoms with E-state index in [1.54, 1.807) is 7.11 Å². The third-order valence-electron chi connectivity index (χ3n) is 4.04. The number of benzene rings is 2. The lowest BCUT2D eigenvalue weighted by Gasteiger charge is -2.12. The fraction of sp³-hybridized carbons (Fsp3) is 0.250. The number of fused-ring (bicyclic) bond motifs is 7. The Morgan fingerprint density at radius 2 is 1.67 bits per heavy atom. The maximum atomic E-state index is 11.9. The molecule has 2 aromatic carbocycles. The van der Waals surface area contributed by atoms with Crippen LogP contribution in [0.4, 0.5) is 0 Å². The molecule has 0 aliphatic carbocycles. The standard InChI is InChI=1S/C20H20O4/c1-23-19-11-6-15-3-8-17(22)13-16(21)7-2-14-4-9-18(10-5-14)24-20(19)12-15/h4-6,9-13,22H,2-3,7-8H2,1H3. The van der Waals surface area contributed by atoms with Gasteiger partial charge in [0, 0.05) is 18.9 Å². The summed E-state index contributed by atoms with van der Waals surface area (Å²) in [5, 5.41) is 9.95. The van der Waals surface area contributed by atoms with Crippen molar-refractivity contribution in [3.05, 3.63) is 65.4 Å². The van der Waals surface area contributed by atoms with Crippen molar-refractivity contribution in [2.75, 3.05) is 7.11 Å². The Bertz CT molecular complexity index is 760. The summed E-state index contributed by atoms with van der Waals surface area (Å²) in [5.74, 6) is 2.07. The van der Waals surface area contributed by atoms with Crippen LogP contribution in [0.1, 0.15) is 24.0 Å². The third kappa shape index (κ3) is 3.96. The van der Waals surface area contributed by atoms with Crippen LogP contribution in [-0.4, -0.2) is 18.0 Å². The molecule has 0 saturated heterocycles. The molecule has 0 unspecified atom stereocenters. The number of ketones is 1. The maximum absolute atomic E-state index is 11.9. The molecule has 0 saturated carbocycles. The van der Waals surface area contributed by atoms with Gasteiger partial charge in [0.2, 0.25) is 0 Å². The second-order valence-corrected chi connectivity index (χ2v) is 5.83. The van der Waals surface area contributed by atoms with Crippen molar-refractivity contribution >= 4 is 5.78 Å². The number of allylic oxidation sites excluding steroid dienone is 2. The van der Waals surface area contributed by atoms with Crippen LogP contribution in [0.5, 0.6) is 17.2 Å². The van der Waals surface area contributed by atoms with E-state index in [4.69, 9.17) is 9.47 Å². The van der Waals surface area contributed by atoms with Crippen LogP contribution in [0, 0.1) is 0 Å². The lowest BCUT2D eigenvalue weighted by Crippen LogP contribution is -1.99. The van der Waals surface area contributed by atoms with Gasteiger partial charge in [-0.2, -0.15) is 0 Å². The zero-order valence-corrected chi connectivity index (χ0v) is 13.6. The molecule has 0 amide bonds. The van der Waals surface area contributed by atoms with Crippen molar-refractivity contribution in [3.63, 3.8) is 0 Å². The first-order valence-corrected chi connectivity index (χ1v) is 8.00. The van der Waals surface area contributed by atoms with Gasteiger partial charge in [0.15, 0.2) is 17.3 Å². The molecule has 124 valence electrons. The zero-order chi connectivity index (χ0) is 16.9. The van der Waals surface area contributed by atoms with E-state index >= 15 is 0 Å². The smallest absolute Gasteiger partial charge is 0.169 e. The van der Waals surface area contributed by atoms with Crippen molar-refractivity contribution < 1.29 is 19.4 Å². The van der Waals surface area contributed by atoms with Gasteiger partial charge < -0.3 is 14.6 Å². The van der Waals surface area contributed by atoms with E-state index in [1.165, 1.54) is 6.08 Å². The van der Waals surface area contributed by atoms with Crippen LogP contribution in [-0.2, 0) is 17.6 Å². The molecule has 4 nitrogen and oxygen atoms in total. The predicted octanol–water partition coefficient (Wildman–Crippen LogP) is 4.38. The number of carbonyl (C=O) groups is 1. The number of rotatable bonds is 1. The van der Waals surface area contributed by atoms with Crippen LogP contribution >= 0.6 is 0 Å². The average molecular weight is 324 g/mol. The molecule has 2 heterocycles. The first-order valence-electron chi connectivity index (χ1n) is 8.00. The Labute approximate surface area is 141 Å². The molecule has 0 fully saturated rings. The van der Waals surface area contributed by atoms with Crippen LogP contribution < -0.4 is 9.47 Å². The van der Waals surface area contributed by atoms with E-state index in [0.717, 1.165) is 16.9 Å². The highest BCUT2D eigenvalue weighted by molar-refractivity contribution is 5.90. The van der Waals surface area contributed by atoms with Gasteiger partial charge in [0.1, 0.15) is 5.75 Å². The topological polar surface area (TPSA) is 55.8 Å². The molecule has 2 aliphatic heterocycles. The van der Waals surface area contributed by atoms with Gasteiger partial charge in [-0.05, 0) is 48.2 Å². The summed E-state index contributed by atoms with van der Waals surface area (Å²) in [7, 11) is 1.60. The quantitative estimate of drug-likeness (QED) is 0.846. The summed E-state index contributed by atoms with van der Waals surface area (Å²) < 4.78 is 11.3. The second-order valence-electron chi connectivity index (χ2n) is 5.83. The monoisotopic (exact) mass is 324 g/mol. The first kappa shape index (κ1) is 16.1. The molecule has 2 aromatic rings. The molecule has 2 aliphatic rings. The highest BCUT2D eigenvalue weighted by Gasteiger charge is 2.10. The predicted molar refractivity (Wildman–Crippen MR) is 91.9 cm³/mol. The van der Waals surface area contributed by atoms with Crippen LogP contribution in [0.15, 0.2) is 54.3 Å². The van der Waals surface area contributed by atoms with Crippen LogP contribution in [0.2, 0.25) is 0 Å². The van der Waals surface area contributed by atoms with E-state index in [9.17, 15) is 9.90 Å². The van der Waals surface area contributed by atoms with E-state index < -0.39 is 0 Å². The Balaban J connectivity index is 1.97. The molecule has 24 heavy (non-hydrogen) atoms. The largest absolute Gasteiger partial charge is 0.512 e. The zero-order valence-electron chi connectivity index (χ0n) is 13.6. The fourth-order valence-corrected chi connectivity index (χ4v) is 2.68. The Morgan fingerprint density at radius 3 is 2.42 bits per heavy atom. The number of ether oxygens (including phenoxy) is 2. The van der Waals surface area contributed by atoms with Crippen molar-refractivity contribution in [2.45, 2.75) is 25.7 Å². The van der Waals surface area contributed by atoms with Gasteiger partial charge >= 0.3 is 0 Å². The van der Waals surface area contributed by atoms with Gasteiger partial charge in [0.25, 0.3) is 0 Å². The SMILES string of the molecule is COc1ccc2cc1Oc1ccc(cc1)CCC(=O)C=C(O)CC2. The minimum absolute atomic E-state index is 0.0573. The average Bonchev–Trinajstić information content (AvgIpc) is 2.59. The van der Waals surface area contributed by atoms with Crippen molar-refractivity contribution in [1.82, 2.24) is 0 Å². The van der Waals surface area contributed by atoms with E-state index in [1.807, 2.05) is 42.5 Å². The molecule has 0 radical (unpaired) electrons.